The molecule has 5 nitrogen and oxygen atoms in total. The quantitative estimate of drug-likeness (QED) is 0.586. The molecule has 1 fully saturated rings. The van der Waals surface area contributed by atoms with Crippen LogP contribution in [0.3, 0.4) is 0 Å². The van der Waals surface area contributed by atoms with Crippen LogP contribution in [0.15, 0.2) is 66.3 Å². The summed E-state index contributed by atoms with van der Waals surface area (Å²) in [5.74, 6) is 0.123. The zero-order valence-corrected chi connectivity index (χ0v) is 19.2. The minimum Gasteiger partial charge on any atom is -0.359 e. The van der Waals surface area contributed by atoms with E-state index in [1.54, 1.807) is 30.8 Å². The first-order chi connectivity index (χ1) is 15.6. The molecule has 1 aliphatic rings. The minimum absolute atomic E-state index is 0.0174. The van der Waals surface area contributed by atoms with Crippen LogP contribution < -0.4 is 5.32 Å². The second-order valence-electron chi connectivity index (χ2n) is 8.49. The predicted octanol–water partition coefficient (Wildman–Crippen LogP) is 4.34. The molecule has 3 aromatic rings. The first-order valence-corrected chi connectivity index (χ1v) is 12.0. The van der Waals surface area contributed by atoms with Gasteiger partial charge in [0, 0.05) is 43.8 Å². The second-order valence-corrected chi connectivity index (χ2v) is 9.44. The molecule has 1 N–H and O–H groups in total. The van der Waals surface area contributed by atoms with Crippen molar-refractivity contribution in [3.8, 4) is 10.4 Å². The number of hydrogen-bond acceptors (Lipinski definition) is 4. The summed E-state index contributed by atoms with van der Waals surface area (Å²) < 4.78 is 0. The summed E-state index contributed by atoms with van der Waals surface area (Å²) in [4.78, 5) is 33.3. The highest BCUT2D eigenvalue weighted by molar-refractivity contribution is 7.13. The van der Waals surface area contributed by atoms with E-state index in [9.17, 15) is 9.59 Å². The van der Waals surface area contributed by atoms with Crippen LogP contribution in [0.25, 0.3) is 10.4 Å². The van der Waals surface area contributed by atoms with Crippen LogP contribution in [0.4, 0.5) is 0 Å². The van der Waals surface area contributed by atoms with Gasteiger partial charge in [0.25, 0.3) is 0 Å². The number of carbonyl (C=O) groups is 2. The number of hydrogen-bond donors (Lipinski definition) is 1. The zero-order chi connectivity index (χ0) is 22.4. The largest absolute Gasteiger partial charge is 0.359 e. The lowest BCUT2D eigenvalue weighted by molar-refractivity contribution is -0.141. The topological polar surface area (TPSA) is 62.3 Å². The Morgan fingerprint density at radius 3 is 2.78 bits per heavy atom. The summed E-state index contributed by atoms with van der Waals surface area (Å²) in [6.07, 6.45) is 6.87. The molecule has 0 aliphatic carbocycles. The van der Waals surface area contributed by atoms with E-state index in [-0.39, 0.29) is 11.8 Å². The van der Waals surface area contributed by atoms with Crippen molar-refractivity contribution in [2.24, 2.45) is 5.41 Å². The molecule has 0 saturated carbocycles. The smallest absolute Gasteiger partial charge is 0.228 e. The second kappa shape index (κ2) is 10.1. The Morgan fingerprint density at radius 1 is 1.16 bits per heavy atom. The number of aromatic nitrogens is 1. The number of likely N-dealkylation sites (tertiary alicyclic amines) is 1. The Morgan fingerprint density at radius 2 is 2.03 bits per heavy atom. The summed E-state index contributed by atoms with van der Waals surface area (Å²) in [5.41, 5.74) is 2.75. The van der Waals surface area contributed by atoms with Crippen LogP contribution in [0.2, 0.25) is 0 Å². The lowest BCUT2D eigenvalue weighted by atomic mass is 9.74. The van der Waals surface area contributed by atoms with Crippen LogP contribution in [-0.2, 0) is 22.4 Å². The lowest BCUT2D eigenvalue weighted by Gasteiger charge is -2.41. The van der Waals surface area contributed by atoms with Crippen molar-refractivity contribution in [1.82, 2.24) is 15.2 Å². The standard InChI is InChI=1S/C26H29N3O2S/c1-27-25(31)26(17-21-6-2-8-22(16-21)23-9-4-15-32-23)12-5-14-29(19-26)24(30)11-10-20-7-3-13-28-18-20/h2-4,6-9,13,15-16,18H,5,10-12,14,17,19H2,1H3,(H,27,31). The van der Waals surface area contributed by atoms with Gasteiger partial charge >= 0.3 is 0 Å². The number of piperidine rings is 1. The molecule has 4 rings (SSSR count). The fourth-order valence-electron chi connectivity index (χ4n) is 4.64. The van der Waals surface area contributed by atoms with Crippen LogP contribution in [-0.4, -0.2) is 41.8 Å². The molecule has 166 valence electrons. The molecule has 0 radical (unpaired) electrons. The highest BCUT2D eigenvalue weighted by Crippen LogP contribution is 2.36. The van der Waals surface area contributed by atoms with Crippen molar-refractivity contribution in [3.05, 3.63) is 77.4 Å². The number of pyridine rings is 1. The van der Waals surface area contributed by atoms with Crippen LogP contribution in [0.5, 0.6) is 0 Å². The Labute approximate surface area is 193 Å². The summed E-state index contributed by atoms with van der Waals surface area (Å²) >= 11 is 1.71. The number of rotatable bonds is 7. The predicted molar refractivity (Wildman–Crippen MR) is 128 cm³/mol. The number of carbonyl (C=O) groups excluding carboxylic acids is 2. The van der Waals surface area contributed by atoms with Gasteiger partial charge in [0.2, 0.25) is 11.8 Å². The average Bonchev–Trinajstić information content (AvgIpc) is 3.38. The average molecular weight is 448 g/mol. The molecule has 0 bridgehead atoms. The van der Waals surface area contributed by atoms with Gasteiger partial charge in [-0.1, -0.05) is 36.4 Å². The zero-order valence-electron chi connectivity index (χ0n) is 18.4. The van der Waals surface area contributed by atoms with E-state index in [1.807, 2.05) is 17.0 Å². The van der Waals surface area contributed by atoms with Gasteiger partial charge in [0.15, 0.2) is 0 Å². The summed E-state index contributed by atoms with van der Waals surface area (Å²) in [6.45, 7) is 1.17. The molecular weight excluding hydrogens is 418 g/mol. The van der Waals surface area contributed by atoms with Crippen LogP contribution >= 0.6 is 11.3 Å². The van der Waals surface area contributed by atoms with Crippen LogP contribution in [0.1, 0.15) is 30.4 Å². The first-order valence-electron chi connectivity index (χ1n) is 11.1. The number of benzene rings is 1. The molecule has 1 aliphatic heterocycles. The van der Waals surface area contributed by atoms with Gasteiger partial charge in [-0.2, -0.15) is 0 Å². The van der Waals surface area contributed by atoms with Crippen molar-refractivity contribution >= 4 is 23.2 Å². The highest BCUT2D eigenvalue weighted by Gasteiger charge is 2.43. The van der Waals surface area contributed by atoms with E-state index in [0.717, 1.165) is 24.0 Å². The van der Waals surface area contributed by atoms with Gasteiger partial charge in [0.05, 0.1) is 5.41 Å². The first kappa shape index (κ1) is 22.2. The maximum absolute atomic E-state index is 13.1. The third-order valence-corrected chi connectivity index (χ3v) is 7.18. The number of aryl methyl sites for hydroxylation is 1. The Hall–Kier alpha value is -2.99. The van der Waals surface area contributed by atoms with E-state index >= 15 is 0 Å². The Kier molecular flexibility index (Phi) is 7.00. The van der Waals surface area contributed by atoms with Crippen LogP contribution in [0, 0.1) is 5.41 Å². The number of thiophene rings is 1. The van der Waals surface area contributed by atoms with Crippen molar-refractivity contribution in [2.45, 2.75) is 32.1 Å². The third kappa shape index (κ3) is 5.07. The van der Waals surface area contributed by atoms with Crippen molar-refractivity contribution in [2.75, 3.05) is 20.1 Å². The molecule has 3 heterocycles. The molecular formula is C26H29N3O2S. The third-order valence-electron chi connectivity index (χ3n) is 6.26. The van der Waals surface area contributed by atoms with Crippen molar-refractivity contribution in [1.29, 1.82) is 0 Å². The summed E-state index contributed by atoms with van der Waals surface area (Å²) in [7, 11) is 1.69. The number of nitrogens with zero attached hydrogens (tertiary/aromatic N) is 2. The van der Waals surface area contributed by atoms with Gasteiger partial charge in [-0.05, 0) is 59.9 Å². The molecule has 2 amide bonds. The SMILES string of the molecule is CNC(=O)C1(Cc2cccc(-c3cccs3)c2)CCCN(C(=O)CCc2cccnc2)C1. The van der Waals surface area contributed by atoms with Crippen molar-refractivity contribution in [3.63, 3.8) is 0 Å². The van der Waals surface area contributed by atoms with Gasteiger partial charge in [0.1, 0.15) is 0 Å². The van der Waals surface area contributed by atoms with Gasteiger partial charge < -0.3 is 10.2 Å². The molecule has 6 heteroatoms. The Balaban J connectivity index is 1.50. The fourth-order valence-corrected chi connectivity index (χ4v) is 5.37. The molecule has 1 aromatic carbocycles. The van der Waals surface area contributed by atoms with Gasteiger partial charge in [-0.15, -0.1) is 11.3 Å². The number of amides is 2. The molecule has 0 spiro atoms. The van der Waals surface area contributed by atoms with Crippen molar-refractivity contribution < 1.29 is 9.59 Å². The molecule has 1 saturated heterocycles. The molecule has 1 unspecified atom stereocenters. The highest BCUT2D eigenvalue weighted by atomic mass is 32.1. The van der Waals surface area contributed by atoms with Gasteiger partial charge in [-0.3, -0.25) is 14.6 Å². The Bertz CT molecular complexity index is 1050. The fraction of sp³-hybridized carbons (Fsp3) is 0.346. The summed E-state index contributed by atoms with van der Waals surface area (Å²) in [5, 5.41) is 4.95. The molecule has 1 atom stereocenters. The maximum Gasteiger partial charge on any atom is 0.228 e. The molecule has 2 aromatic heterocycles. The monoisotopic (exact) mass is 447 g/mol. The molecule has 32 heavy (non-hydrogen) atoms. The van der Waals surface area contributed by atoms with E-state index in [0.29, 0.717) is 32.4 Å². The summed E-state index contributed by atoms with van der Waals surface area (Å²) in [6, 6.07) is 16.5. The maximum atomic E-state index is 13.1. The lowest BCUT2D eigenvalue weighted by Crippen LogP contribution is -2.54. The minimum atomic E-state index is -0.606. The van der Waals surface area contributed by atoms with E-state index in [1.165, 1.54) is 10.4 Å². The van der Waals surface area contributed by atoms with E-state index < -0.39 is 5.41 Å². The van der Waals surface area contributed by atoms with Gasteiger partial charge in [-0.25, -0.2) is 0 Å². The van der Waals surface area contributed by atoms with E-state index in [4.69, 9.17) is 0 Å². The number of nitrogens with one attached hydrogen (secondary N) is 1. The van der Waals surface area contributed by atoms with E-state index in [2.05, 4.69) is 52.1 Å². The normalized spacial score (nSPS) is 18.3.